The van der Waals surface area contributed by atoms with Crippen molar-refractivity contribution >= 4 is 27.3 Å². The molecule has 8 nitrogen and oxygen atoms in total. The third kappa shape index (κ3) is 3.95. The second-order valence-corrected chi connectivity index (χ2v) is 12.3. The minimum absolute atomic E-state index is 0.0827. The van der Waals surface area contributed by atoms with Crippen molar-refractivity contribution in [3.63, 3.8) is 0 Å². The molecule has 0 fully saturated rings. The minimum Gasteiger partial charge on any atom is -0.386 e. The zero-order valence-electron chi connectivity index (χ0n) is 19.4. The first kappa shape index (κ1) is 25.0. The van der Waals surface area contributed by atoms with E-state index >= 15 is 4.39 Å². The first-order chi connectivity index (χ1) is 16.1. The molecule has 2 aromatic heterocycles. The van der Waals surface area contributed by atoms with Gasteiger partial charge < -0.3 is 11.1 Å². The number of aromatic nitrogens is 2. The van der Waals surface area contributed by atoms with Crippen LogP contribution in [0.15, 0.2) is 33.8 Å². The molecule has 2 aliphatic heterocycles. The van der Waals surface area contributed by atoms with Gasteiger partial charge in [0.05, 0.1) is 21.2 Å². The van der Waals surface area contributed by atoms with E-state index in [2.05, 4.69) is 24.6 Å². The molecular weight excluding hydrogens is 488 g/mol. The number of amidine groups is 1. The Balaban J connectivity index is 1.82. The number of carbonyl (C=O) groups excluding carboxylic acids is 1. The molecule has 0 spiro atoms. The zero-order valence-corrected chi connectivity index (χ0v) is 20.2. The van der Waals surface area contributed by atoms with E-state index in [0.717, 1.165) is 24.4 Å². The number of pyridine rings is 2. The Morgan fingerprint density at radius 2 is 1.91 bits per heavy atom. The number of aryl methyl sites for hydroxylation is 1. The molecule has 0 saturated carbocycles. The summed E-state index contributed by atoms with van der Waals surface area (Å²) >= 11 is 0. The molecule has 1 amide bonds. The number of amides is 1. The van der Waals surface area contributed by atoms with E-state index in [1.54, 1.807) is 0 Å². The van der Waals surface area contributed by atoms with Gasteiger partial charge >= 0.3 is 0 Å². The van der Waals surface area contributed by atoms with Crippen LogP contribution in [0.4, 0.5) is 23.4 Å². The van der Waals surface area contributed by atoms with Crippen molar-refractivity contribution in [2.75, 3.05) is 11.9 Å². The third-order valence-corrected chi connectivity index (χ3v) is 10.1. The normalized spacial score (nSPS) is 28.9. The lowest BCUT2D eigenvalue weighted by molar-refractivity contribution is -0.00686. The summed E-state index contributed by atoms with van der Waals surface area (Å²) < 4.78 is 73.9. The SMILES string of the molecule is Cc1cc(F)cnc1C(=O)Nc1ccc(F)c([C@@]2(C)N=C(N)C(C)(C)[S@@]3(=O)=NCC(F)(F)C[C@H]23)n1. The molecular formula is C22H24F4N6O2S. The van der Waals surface area contributed by atoms with Crippen molar-refractivity contribution < 1.29 is 26.6 Å². The molecule has 4 heterocycles. The highest BCUT2D eigenvalue weighted by atomic mass is 32.2. The van der Waals surface area contributed by atoms with Crippen LogP contribution in [-0.2, 0) is 15.3 Å². The Morgan fingerprint density at radius 1 is 1.23 bits per heavy atom. The number of carbonyl (C=O) groups is 1. The Labute approximate surface area is 199 Å². The monoisotopic (exact) mass is 512 g/mol. The molecule has 0 aliphatic carbocycles. The van der Waals surface area contributed by atoms with E-state index in [9.17, 15) is 22.2 Å². The topological polar surface area (TPSA) is 123 Å². The Kier molecular flexibility index (Phi) is 5.70. The van der Waals surface area contributed by atoms with Crippen molar-refractivity contribution in [3.8, 4) is 0 Å². The number of nitrogens with two attached hydrogens (primary N) is 1. The van der Waals surface area contributed by atoms with Crippen LogP contribution < -0.4 is 11.1 Å². The molecule has 3 N–H and O–H groups in total. The van der Waals surface area contributed by atoms with Gasteiger partial charge in [0.1, 0.15) is 51.5 Å². The van der Waals surface area contributed by atoms with Gasteiger partial charge in [0, 0.05) is 6.42 Å². The number of anilines is 1. The number of nitrogens with zero attached hydrogens (tertiary/aromatic N) is 4. The van der Waals surface area contributed by atoms with Gasteiger partial charge in [0.2, 0.25) is 0 Å². The first-order valence-corrected chi connectivity index (χ1v) is 12.2. The van der Waals surface area contributed by atoms with Crippen LogP contribution in [0, 0.1) is 18.6 Å². The van der Waals surface area contributed by atoms with Gasteiger partial charge in [-0.2, -0.15) is 0 Å². The van der Waals surface area contributed by atoms with E-state index in [1.807, 2.05) is 0 Å². The van der Waals surface area contributed by atoms with Crippen LogP contribution in [0.5, 0.6) is 0 Å². The summed E-state index contributed by atoms with van der Waals surface area (Å²) in [5.41, 5.74) is 4.02. The lowest BCUT2D eigenvalue weighted by atomic mass is 9.88. The highest BCUT2D eigenvalue weighted by Crippen LogP contribution is 2.49. The van der Waals surface area contributed by atoms with Crippen LogP contribution >= 0.6 is 0 Å². The zero-order chi connectivity index (χ0) is 26.0. The van der Waals surface area contributed by atoms with Gasteiger partial charge in [-0.15, -0.1) is 0 Å². The van der Waals surface area contributed by atoms with Crippen molar-refractivity contribution in [3.05, 3.63) is 53.0 Å². The number of rotatable bonds is 3. The van der Waals surface area contributed by atoms with Gasteiger partial charge in [-0.1, -0.05) is 0 Å². The predicted molar refractivity (Wildman–Crippen MR) is 123 cm³/mol. The van der Waals surface area contributed by atoms with Crippen LogP contribution in [0.1, 0.15) is 48.9 Å². The number of fused-ring (bicyclic) bond motifs is 1. The van der Waals surface area contributed by atoms with Gasteiger partial charge in [0.15, 0.2) is 0 Å². The van der Waals surface area contributed by atoms with Crippen molar-refractivity contribution in [2.45, 2.75) is 55.6 Å². The van der Waals surface area contributed by atoms with E-state index < -0.39 is 67.4 Å². The number of nitrogens with one attached hydrogen (secondary N) is 1. The molecule has 0 saturated heterocycles. The highest BCUT2D eigenvalue weighted by Gasteiger charge is 2.60. The summed E-state index contributed by atoms with van der Waals surface area (Å²) in [5.74, 6) is -5.82. The second-order valence-electron chi connectivity index (χ2n) is 9.36. The molecule has 35 heavy (non-hydrogen) atoms. The Hall–Kier alpha value is -3.09. The largest absolute Gasteiger partial charge is 0.386 e. The summed E-state index contributed by atoms with van der Waals surface area (Å²) in [6.07, 6.45) is 0.0134. The molecule has 188 valence electrons. The molecule has 0 radical (unpaired) electrons. The minimum atomic E-state index is -3.44. The Bertz CT molecular complexity index is 1390. The van der Waals surface area contributed by atoms with Crippen LogP contribution in [0.3, 0.4) is 0 Å². The molecule has 4 rings (SSSR count). The van der Waals surface area contributed by atoms with Crippen LogP contribution in [0.25, 0.3) is 0 Å². The molecule has 13 heteroatoms. The number of hydrogen-bond acceptors (Lipinski definition) is 7. The van der Waals surface area contributed by atoms with Gasteiger partial charge in [-0.3, -0.25) is 9.79 Å². The number of alkyl halides is 2. The Morgan fingerprint density at radius 3 is 2.57 bits per heavy atom. The predicted octanol–water partition coefficient (Wildman–Crippen LogP) is 3.56. The average Bonchev–Trinajstić information content (AvgIpc) is 2.75. The van der Waals surface area contributed by atoms with Crippen molar-refractivity contribution in [1.82, 2.24) is 9.97 Å². The summed E-state index contributed by atoms with van der Waals surface area (Å²) in [7, 11) is -3.44. The third-order valence-electron chi connectivity index (χ3n) is 6.51. The first-order valence-electron chi connectivity index (χ1n) is 10.7. The lowest BCUT2D eigenvalue weighted by Gasteiger charge is -2.48. The van der Waals surface area contributed by atoms with Crippen molar-refractivity contribution in [1.29, 1.82) is 0 Å². The number of aliphatic imine (C=N–C) groups is 1. The average molecular weight is 513 g/mol. The van der Waals surface area contributed by atoms with E-state index in [4.69, 9.17) is 5.73 Å². The molecule has 2 aromatic rings. The summed E-state index contributed by atoms with van der Waals surface area (Å²) in [5, 5.41) is 1.04. The van der Waals surface area contributed by atoms with Gasteiger partial charge in [-0.05, 0) is 51.5 Å². The quantitative estimate of drug-likeness (QED) is 0.609. The van der Waals surface area contributed by atoms with Gasteiger partial charge in [0.25, 0.3) is 11.8 Å². The van der Waals surface area contributed by atoms with E-state index in [-0.39, 0.29) is 22.9 Å². The molecule has 0 unspecified atom stereocenters. The molecule has 3 atom stereocenters. The van der Waals surface area contributed by atoms with Crippen LogP contribution in [0.2, 0.25) is 0 Å². The maximum Gasteiger partial charge on any atom is 0.275 e. The lowest BCUT2D eigenvalue weighted by Crippen LogP contribution is -2.62. The molecule has 2 aliphatic rings. The summed E-state index contributed by atoms with van der Waals surface area (Å²) in [6, 6.07) is 3.27. The molecule has 0 aromatic carbocycles. The number of halogens is 4. The maximum atomic E-state index is 15.1. The fourth-order valence-electron chi connectivity index (χ4n) is 4.39. The fraction of sp³-hybridized carbons (Fsp3) is 0.455. The van der Waals surface area contributed by atoms with E-state index in [1.165, 1.54) is 27.7 Å². The fourth-order valence-corrected chi connectivity index (χ4v) is 7.58. The summed E-state index contributed by atoms with van der Waals surface area (Å²) in [6.45, 7) is 4.89. The van der Waals surface area contributed by atoms with Gasteiger partial charge in [-0.25, -0.2) is 36.1 Å². The van der Waals surface area contributed by atoms with E-state index in [0.29, 0.717) is 0 Å². The standard InChI is InChI=1S/C22H24F4N6O2S/c1-11-7-12(23)9-28-16(11)18(33)31-15-6-5-13(24)17(30-15)21(4)14-8-22(25,26)10-29-35(14,34)20(2,3)19(27)32-21/h5-7,9,14H,8,10H2,1-4H3,(H2,27,32)(H,30,31,33)/t14-,21+,35-/m1/s1. The number of hydrogen-bond donors (Lipinski definition) is 2. The summed E-state index contributed by atoms with van der Waals surface area (Å²) in [4.78, 5) is 24.9. The molecule has 0 bridgehead atoms. The van der Waals surface area contributed by atoms with Crippen LogP contribution in [-0.4, -0.2) is 48.4 Å². The highest BCUT2D eigenvalue weighted by molar-refractivity contribution is 7.96. The maximum absolute atomic E-state index is 15.1. The smallest absolute Gasteiger partial charge is 0.275 e. The van der Waals surface area contributed by atoms with Crippen molar-refractivity contribution in [2.24, 2.45) is 15.1 Å². The second kappa shape index (κ2) is 7.97.